The third-order valence-corrected chi connectivity index (χ3v) is 5.70. The monoisotopic (exact) mass is 407 g/mol. The number of thiocarbonyl (C=S) groups is 1. The third-order valence-electron chi connectivity index (χ3n) is 5.32. The van der Waals surface area contributed by atoms with Crippen molar-refractivity contribution in [3.05, 3.63) is 83.7 Å². The fourth-order valence-electron chi connectivity index (χ4n) is 3.86. The van der Waals surface area contributed by atoms with Crippen LogP contribution in [0.25, 0.3) is 0 Å². The van der Waals surface area contributed by atoms with Gasteiger partial charge in [0.2, 0.25) is 0 Å². The Morgan fingerprint density at radius 3 is 2.62 bits per heavy atom. The topological polar surface area (TPSA) is 38.7 Å². The van der Waals surface area contributed by atoms with Crippen LogP contribution in [0, 0.1) is 0 Å². The molecule has 4 rings (SSSR count). The minimum absolute atomic E-state index is 0.0560. The number of hydrogen-bond donors (Lipinski definition) is 1. The molecule has 0 fully saturated rings. The van der Waals surface area contributed by atoms with Crippen LogP contribution >= 0.6 is 12.2 Å². The zero-order valence-electron chi connectivity index (χ0n) is 16.7. The van der Waals surface area contributed by atoms with Gasteiger partial charge in [-0.05, 0) is 48.1 Å². The van der Waals surface area contributed by atoms with Crippen molar-refractivity contribution in [1.29, 1.82) is 0 Å². The highest BCUT2D eigenvalue weighted by atomic mass is 32.1. The lowest BCUT2D eigenvalue weighted by Gasteiger charge is -2.39. The molecule has 0 saturated carbocycles. The van der Waals surface area contributed by atoms with Gasteiger partial charge in [-0.3, -0.25) is 0 Å². The molecule has 1 N–H and O–H groups in total. The van der Waals surface area contributed by atoms with Crippen LogP contribution in [0.15, 0.2) is 66.9 Å². The van der Waals surface area contributed by atoms with Gasteiger partial charge < -0.3 is 24.3 Å². The Labute approximate surface area is 176 Å². The Morgan fingerprint density at radius 2 is 1.86 bits per heavy atom. The molecule has 0 radical (unpaired) electrons. The number of nitrogens with one attached hydrogen (secondary N) is 1. The van der Waals surface area contributed by atoms with Crippen LogP contribution in [0.2, 0.25) is 0 Å². The molecule has 0 saturated heterocycles. The first-order valence-electron chi connectivity index (χ1n) is 9.66. The Morgan fingerprint density at radius 1 is 1.03 bits per heavy atom. The van der Waals surface area contributed by atoms with Crippen molar-refractivity contribution in [2.45, 2.75) is 19.1 Å². The minimum atomic E-state index is -0.0560. The summed E-state index contributed by atoms with van der Waals surface area (Å²) >= 11 is 5.83. The van der Waals surface area contributed by atoms with Gasteiger partial charge in [-0.1, -0.05) is 30.3 Å². The zero-order chi connectivity index (χ0) is 20.2. The second kappa shape index (κ2) is 8.57. The number of fused-ring (bicyclic) bond motifs is 1. The first-order chi connectivity index (χ1) is 14.2. The van der Waals surface area contributed by atoms with Gasteiger partial charge in [-0.2, -0.15) is 0 Å². The first kappa shape index (κ1) is 19.3. The van der Waals surface area contributed by atoms with E-state index in [0.29, 0.717) is 6.54 Å². The maximum atomic E-state index is 5.83. The van der Waals surface area contributed by atoms with E-state index in [2.05, 4.69) is 45.2 Å². The highest BCUT2D eigenvalue weighted by Crippen LogP contribution is 2.39. The van der Waals surface area contributed by atoms with Crippen LogP contribution in [-0.4, -0.2) is 35.3 Å². The van der Waals surface area contributed by atoms with Crippen molar-refractivity contribution < 1.29 is 9.47 Å². The average molecular weight is 408 g/mol. The molecule has 0 spiro atoms. The molecule has 5 nitrogen and oxygen atoms in total. The van der Waals surface area contributed by atoms with Crippen molar-refractivity contribution in [2.24, 2.45) is 0 Å². The number of hydrogen-bond acceptors (Lipinski definition) is 3. The number of aromatic nitrogens is 1. The van der Waals surface area contributed by atoms with Gasteiger partial charge in [0.15, 0.2) is 5.11 Å². The number of rotatable bonds is 5. The second-order valence-corrected chi connectivity index (χ2v) is 7.36. The van der Waals surface area contributed by atoms with Crippen LogP contribution < -0.4 is 14.8 Å². The molecular formula is C23H25N3O2S. The normalized spacial score (nSPS) is 15.5. The van der Waals surface area contributed by atoms with Gasteiger partial charge in [-0.25, -0.2) is 0 Å². The Bertz CT molecular complexity index is 987. The summed E-state index contributed by atoms with van der Waals surface area (Å²) in [5.74, 6) is 1.62. The fraction of sp³-hybridized carbons (Fsp3) is 0.261. The van der Waals surface area contributed by atoms with Crippen LogP contribution in [0.1, 0.15) is 22.9 Å². The fourth-order valence-corrected chi connectivity index (χ4v) is 4.13. The van der Waals surface area contributed by atoms with Crippen LogP contribution in [-0.2, 0) is 13.1 Å². The molecule has 0 amide bonds. The summed E-state index contributed by atoms with van der Waals surface area (Å²) in [5, 5.41) is 4.17. The van der Waals surface area contributed by atoms with Gasteiger partial charge in [0, 0.05) is 37.1 Å². The first-order valence-corrected chi connectivity index (χ1v) is 10.1. The van der Waals surface area contributed by atoms with Gasteiger partial charge in [0.05, 0.1) is 14.2 Å². The van der Waals surface area contributed by atoms with E-state index in [0.717, 1.165) is 35.3 Å². The van der Waals surface area contributed by atoms with E-state index in [-0.39, 0.29) is 6.04 Å². The Balaban J connectivity index is 1.67. The van der Waals surface area contributed by atoms with E-state index in [9.17, 15) is 0 Å². The van der Waals surface area contributed by atoms with E-state index in [4.69, 9.17) is 21.7 Å². The van der Waals surface area contributed by atoms with Crippen LogP contribution in [0.3, 0.4) is 0 Å². The lowest BCUT2D eigenvalue weighted by Crippen LogP contribution is -2.47. The summed E-state index contributed by atoms with van der Waals surface area (Å²) < 4.78 is 13.5. The number of benzene rings is 2. The summed E-state index contributed by atoms with van der Waals surface area (Å²) in [6, 6.07) is 20.4. The molecule has 150 valence electrons. The lowest BCUT2D eigenvalue weighted by molar-refractivity contribution is 0.277. The SMILES string of the molecule is COc1ccc(OC)c(C2c3cccn3CCN2C(=S)NCc2ccccc2)c1. The molecule has 6 heteroatoms. The Kier molecular flexibility index (Phi) is 5.71. The molecule has 1 atom stereocenters. The predicted octanol–water partition coefficient (Wildman–Crippen LogP) is 3.99. The molecule has 0 bridgehead atoms. The molecule has 2 aromatic carbocycles. The van der Waals surface area contributed by atoms with Crippen molar-refractivity contribution >= 4 is 17.3 Å². The molecule has 0 aliphatic carbocycles. The van der Waals surface area contributed by atoms with Gasteiger partial charge >= 0.3 is 0 Å². The van der Waals surface area contributed by atoms with Crippen molar-refractivity contribution in [3.8, 4) is 11.5 Å². The minimum Gasteiger partial charge on any atom is -0.497 e. The van der Waals surface area contributed by atoms with Crippen molar-refractivity contribution in [2.75, 3.05) is 20.8 Å². The van der Waals surface area contributed by atoms with Gasteiger partial charge in [-0.15, -0.1) is 0 Å². The Hall–Kier alpha value is -2.99. The van der Waals surface area contributed by atoms with Crippen LogP contribution in [0.4, 0.5) is 0 Å². The molecule has 1 aliphatic heterocycles. The molecule has 1 unspecified atom stereocenters. The highest BCUT2D eigenvalue weighted by molar-refractivity contribution is 7.80. The highest BCUT2D eigenvalue weighted by Gasteiger charge is 2.32. The molecular weight excluding hydrogens is 382 g/mol. The molecule has 3 aromatic rings. The van der Waals surface area contributed by atoms with E-state index < -0.39 is 0 Å². The van der Waals surface area contributed by atoms with Gasteiger partial charge in [0.1, 0.15) is 17.5 Å². The number of methoxy groups -OCH3 is 2. The molecule has 29 heavy (non-hydrogen) atoms. The van der Waals surface area contributed by atoms with E-state index in [1.165, 1.54) is 11.3 Å². The van der Waals surface area contributed by atoms with Crippen LogP contribution in [0.5, 0.6) is 11.5 Å². The number of nitrogens with zero attached hydrogens (tertiary/aromatic N) is 2. The van der Waals surface area contributed by atoms with Crippen molar-refractivity contribution in [1.82, 2.24) is 14.8 Å². The standard InChI is InChI=1S/C23H25N3O2S/c1-27-18-10-11-21(28-2)19(15-18)22-20-9-6-12-25(20)13-14-26(22)23(29)24-16-17-7-4-3-5-8-17/h3-12,15,22H,13-14,16H2,1-2H3,(H,24,29). The quantitative estimate of drug-likeness (QED) is 0.648. The number of ether oxygens (including phenoxy) is 2. The predicted molar refractivity (Wildman–Crippen MR) is 118 cm³/mol. The third kappa shape index (κ3) is 3.93. The van der Waals surface area contributed by atoms with Gasteiger partial charge in [0.25, 0.3) is 0 Å². The molecule has 1 aliphatic rings. The molecule has 1 aromatic heterocycles. The zero-order valence-corrected chi connectivity index (χ0v) is 17.5. The molecule has 2 heterocycles. The summed E-state index contributed by atoms with van der Waals surface area (Å²) in [6.45, 7) is 2.39. The maximum Gasteiger partial charge on any atom is 0.170 e. The smallest absolute Gasteiger partial charge is 0.170 e. The second-order valence-electron chi connectivity index (χ2n) is 6.97. The average Bonchev–Trinajstić information content (AvgIpc) is 3.26. The lowest BCUT2D eigenvalue weighted by atomic mass is 9.99. The van der Waals surface area contributed by atoms with E-state index in [1.54, 1.807) is 14.2 Å². The van der Waals surface area contributed by atoms with E-state index in [1.807, 2.05) is 36.4 Å². The summed E-state index contributed by atoms with van der Waals surface area (Å²) in [7, 11) is 3.38. The summed E-state index contributed by atoms with van der Waals surface area (Å²) in [4.78, 5) is 2.24. The largest absolute Gasteiger partial charge is 0.497 e. The summed E-state index contributed by atoms with van der Waals surface area (Å²) in [5.41, 5.74) is 3.42. The van der Waals surface area contributed by atoms with Crippen molar-refractivity contribution in [3.63, 3.8) is 0 Å². The summed E-state index contributed by atoms with van der Waals surface area (Å²) in [6.07, 6.45) is 2.12. The maximum absolute atomic E-state index is 5.83. The van der Waals surface area contributed by atoms with E-state index >= 15 is 0 Å².